The van der Waals surface area contributed by atoms with Crippen molar-refractivity contribution in [3.8, 4) is 17.2 Å². The summed E-state index contributed by atoms with van der Waals surface area (Å²) in [5, 5.41) is 11.7. The van der Waals surface area contributed by atoms with Crippen LogP contribution in [0.4, 0.5) is 0 Å². The van der Waals surface area contributed by atoms with E-state index < -0.39 is 30.4 Å². The van der Waals surface area contributed by atoms with Crippen molar-refractivity contribution < 1.29 is 33.7 Å². The maximum absolute atomic E-state index is 12.5. The van der Waals surface area contributed by atoms with Gasteiger partial charge in [0.05, 0.1) is 14.2 Å². The third-order valence-electron chi connectivity index (χ3n) is 3.39. The molecule has 0 fully saturated rings. The minimum Gasteiger partial charge on any atom is -0.493 e. The third kappa shape index (κ3) is 5.83. The molecular formula is C17H24N2O7. The first-order valence-electron chi connectivity index (χ1n) is 7.90. The van der Waals surface area contributed by atoms with E-state index >= 15 is 0 Å². The van der Waals surface area contributed by atoms with E-state index in [0.717, 1.165) is 0 Å². The highest BCUT2D eigenvalue weighted by atomic mass is 16.5. The lowest BCUT2D eigenvalue weighted by Gasteiger charge is -2.18. The number of aliphatic carboxylic acids is 1. The zero-order valence-corrected chi connectivity index (χ0v) is 15.2. The average Bonchev–Trinajstić information content (AvgIpc) is 2.57. The number of carbonyl (C=O) groups is 3. The van der Waals surface area contributed by atoms with Crippen LogP contribution in [-0.4, -0.2) is 49.8 Å². The molecule has 9 nitrogen and oxygen atoms in total. The molecule has 0 radical (unpaired) electrons. The zero-order chi connectivity index (χ0) is 19.9. The quantitative estimate of drug-likeness (QED) is 0.555. The summed E-state index contributed by atoms with van der Waals surface area (Å²) in [6.45, 7) is 3.33. The van der Waals surface area contributed by atoms with Crippen LogP contribution in [0, 0.1) is 5.92 Å². The normalized spacial score (nSPS) is 11.6. The van der Waals surface area contributed by atoms with Crippen LogP contribution in [0.25, 0.3) is 0 Å². The summed E-state index contributed by atoms with van der Waals surface area (Å²) in [6, 6.07) is 1.70. The van der Waals surface area contributed by atoms with Crippen molar-refractivity contribution in [2.24, 2.45) is 11.7 Å². The van der Waals surface area contributed by atoms with E-state index in [4.69, 9.17) is 19.9 Å². The molecule has 0 aliphatic carbocycles. The van der Waals surface area contributed by atoms with Crippen LogP contribution < -0.4 is 25.3 Å². The molecule has 1 atom stereocenters. The number of carbonyl (C=O) groups excluding carboxylic acids is 2. The molecule has 4 N–H and O–H groups in total. The molecule has 0 unspecified atom stereocenters. The van der Waals surface area contributed by atoms with Gasteiger partial charge >= 0.3 is 5.97 Å². The summed E-state index contributed by atoms with van der Waals surface area (Å²) in [4.78, 5) is 34.7. The first kappa shape index (κ1) is 21.1. The van der Waals surface area contributed by atoms with Crippen LogP contribution in [0.2, 0.25) is 0 Å². The second-order valence-corrected chi connectivity index (χ2v) is 5.96. The van der Waals surface area contributed by atoms with Gasteiger partial charge in [-0.15, -0.1) is 0 Å². The molecule has 9 heteroatoms. The topological polar surface area (TPSA) is 137 Å². The minimum atomic E-state index is -1.12. The maximum atomic E-state index is 12.5. The lowest BCUT2D eigenvalue weighted by molar-refractivity contribution is -0.139. The van der Waals surface area contributed by atoms with Gasteiger partial charge in [-0.25, -0.2) is 4.79 Å². The number of rotatable bonds is 10. The van der Waals surface area contributed by atoms with Crippen LogP contribution in [0.1, 0.15) is 30.6 Å². The van der Waals surface area contributed by atoms with Gasteiger partial charge in [-0.2, -0.15) is 0 Å². The standard InChI is InChI=1S/C17H24N2O7/c1-9(2)5-11(17(22)23)19-16(21)10-6-12(24-3)15(13(7-10)25-4)26-8-14(18)20/h6-7,9,11H,5,8H2,1-4H3,(H2,18,20)(H,19,21)(H,22,23)/t11-/m0/s1. The van der Waals surface area contributed by atoms with E-state index in [1.807, 2.05) is 13.8 Å². The van der Waals surface area contributed by atoms with Crippen molar-refractivity contribution in [2.75, 3.05) is 20.8 Å². The van der Waals surface area contributed by atoms with Gasteiger partial charge < -0.3 is 30.4 Å². The Bertz CT molecular complexity index is 648. The molecular weight excluding hydrogens is 344 g/mol. The molecule has 0 spiro atoms. The largest absolute Gasteiger partial charge is 0.493 e. The van der Waals surface area contributed by atoms with Crippen molar-refractivity contribution in [3.63, 3.8) is 0 Å². The molecule has 0 aliphatic heterocycles. The van der Waals surface area contributed by atoms with Gasteiger partial charge in [-0.05, 0) is 24.5 Å². The fourth-order valence-corrected chi connectivity index (χ4v) is 2.23. The average molecular weight is 368 g/mol. The molecule has 0 heterocycles. The molecule has 26 heavy (non-hydrogen) atoms. The number of amides is 2. The summed E-state index contributed by atoms with van der Waals surface area (Å²) < 4.78 is 15.6. The number of carboxylic acids is 1. The molecule has 0 aromatic heterocycles. The van der Waals surface area contributed by atoms with Gasteiger partial charge in [-0.3, -0.25) is 9.59 Å². The van der Waals surface area contributed by atoms with Crippen LogP contribution in [-0.2, 0) is 9.59 Å². The minimum absolute atomic E-state index is 0.0880. The second-order valence-electron chi connectivity index (χ2n) is 5.96. The highest BCUT2D eigenvalue weighted by molar-refractivity contribution is 5.97. The first-order chi connectivity index (χ1) is 12.2. The Hall–Kier alpha value is -2.97. The monoisotopic (exact) mass is 368 g/mol. The number of benzene rings is 1. The van der Waals surface area contributed by atoms with Gasteiger partial charge in [0.25, 0.3) is 11.8 Å². The SMILES string of the molecule is COc1cc(C(=O)N[C@@H](CC(C)C)C(=O)O)cc(OC)c1OCC(N)=O. The van der Waals surface area contributed by atoms with Crippen molar-refractivity contribution in [1.82, 2.24) is 5.32 Å². The maximum Gasteiger partial charge on any atom is 0.326 e. The molecule has 0 aliphatic rings. The van der Waals surface area contributed by atoms with Crippen LogP contribution in [0.3, 0.4) is 0 Å². The van der Waals surface area contributed by atoms with E-state index in [2.05, 4.69) is 5.32 Å². The summed E-state index contributed by atoms with van der Waals surface area (Å²) in [6.07, 6.45) is 0.287. The van der Waals surface area contributed by atoms with Crippen molar-refractivity contribution in [2.45, 2.75) is 26.3 Å². The molecule has 0 saturated carbocycles. The van der Waals surface area contributed by atoms with Gasteiger partial charge in [0, 0.05) is 5.56 Å². The lowest BCUT2D eigenvalue weighted by Crippen LogP contribution is -2.41. The number of ether oxygens (including phenoxy) is 3. The van der Waals surface area contributed by atoms with Crippen LogP contribution in [0.5, 0.6) is 17.2 Å². The van der Waals surface area contributed by atoms with Crippen molar-refractivity contribution in [1.29, 1.82) is 0 Å². The number of methoxy groups -OCH3 is 2. The van der Waals surface area contributed by atoms with Crippen molar-refractivity contribution >= 4 is 17.8 Å². The second kappa shape index (κ2) is 9.50. The van der Waals surface area contributed by atoms with Crippen LogP contribution in [0.15, 0.2) is 12.1 Å². The predicted octanol–water partition coefficient (Wildman–Crippen LogP) is 0.797. The number of primary amides is 1. The molecule has 0 bridgehead atoms. The Kier molecular flexibility index (Phi) is 7.70. The highest BCUT2D eigenvalue weighted by Crippen LogP contribution is 2.38. The number of nitrogens with two attached hydrogens (primary N) is 1. The molecule has 1 aromatic rings. The van der Waals surface area contributed by atoms with Crippen LogP contribution >= 0.6 is 0 Å². The molecule has 144 valence electrons. The summed E-state index contributed by atoms with van der Waals surface area (Å²) in [5.41, 5.74) is 5.18. The Labute approximate surface area is 151 Å². The van der Waals surface area contributed by atoms with E-state index in [1.165, 1.54) is 26.4 Å². The lowest BCUT2D eigenvalue weighted by atomic mass is 10.0. The molecule has 1 aromatic carbocycles. The number of hydrogen-bond donors (Lipinski definition) is 3. The predicted molar refractivity (Wildman–Crippen MR) is 92.6 cm³/mol. The van der Waals surface area contributed by atoms with Crippen molar-refractivity contribution in [3.05, 3.63) is 17.7 Å². The number of hydrogen-bond acceptors (Lipinski definition) is 6. The Morgan fingerprint density at radius 1 is 1.15 bits per heavy atom. The van der Waals surface area contributed by atoms with Gasteiger partial charge in [0.1, 0.15) is 6.04 Å². The van der Waals surface area contributed by atoms with Gasteiger partial charge in [0.2, 0.25) is 5.75 Å². The molecule has 0 saturated heterocycles. The van der Waals surface area contributed by atoms with E-state index in [1.54, 1.807) is 0 Å². The summed E-state index contributed by atoms with van der Waals surface area (Å²) in [5.74, 6) is -1.91. The Morgan fingerprint density at radius 3 is 2.08 bits per heavy atom. The number of carboxylic acid groups (broad SMARTS) is 1. The summed E-state index contributed by atoms with van der Waals surface area (Å²) in [7, 11) is 2.71. The third-order valence-corrected chi connectivity index (χ3v) is 3.39. The van der Waals surface area contributed by atoms with E-state index in [0.29, 0.717) is 0 Å². The first-order valence-corrected chi connectivity index (χ1v) is 7.90. The van der Waals surface area contributed by atoms with Gasteiger partial charge in [-0.1, -0.05) is 13.8 Å². The fourth-order valence-electron chi connectivity index (χ4n) is 2.23. The zero-order valence-electron chi connectivity index (χ0n) is 15.2. The molecule has 1 rings (SSSR count). The Morgan fingerprint density at radius 2 is 1.69 bits per heavy atom. The number of nitrogens with one attached hydrogen (secondary N) is 1. The van der Waals surface area contributed by atoms with E-state index in [-0.39, 0.29) is 35.2 Å². The van der Waals surface area contributed by atoms with Gasteiger partial charge in [0.15, 0.2) is 18.1 Å². The smallest absolute Gasteiger partial charge is 0.326 e. The van der Waals surface area contributed by atoms with E-state index in [9.17, 15) is 19.5 Å². The Balaban J connectivity index is 3.13. The summed E-state index contributed by atoms with van der Waals surface area (Å²) >= 11 is 0. The molecule has 2 amide bonds. The highest BCUT2D eigenvalue weighted by Gasteiger charge is 2.24. The fraction of sp³-hybridized carbons (Fsp3) is 0.471.